The standard InChI is InChI=1S/C48H57ClFN9O7S/c1-26(2)66-41-21-39(28(5)18-37(41)53-48-51-22-34(49)44(55-48)52-36-10-8-9-11-42(36)67(64,65)27(3)4)57-16-14-31(15-17-57)25-56-23-29(6)58(30(7)24-56)40-20-33-32(19-35(40)50)46(62)59(47(33)63)38-12-13-43(60)54-45(38)61/h8-11,18-22,26-27,29-31,38H,12-17,23-25H2,1-7H3,(H,54,60,61)(H2,51,52,53,55). The van der Waals surface area contributed by atoms with E-state index in [9.17, 15) is 27.6 Å². The molecule has 3 saturated heterocycles. The first-order valence-corrected chi connectivity index (χ1v) is 24.7. The van der Waals surface area contributed by atoms with Gasteiger partial charge in [0, 0.05) is 63.0 Å². The normalized spacial score (nSPS) is 20.8. The molecular weight excluding hydrogens is 901 g/mol. The number of piperazine rings is 1. The first-order valence-electron chi connectivity index (χ1n) is 22.8. The van der Waals surface area contributed by atoms with Gasteiger partial charge in [0.25, 0.3) is 11.8 Å². The van der Waals surface area contributed by atoms with Crippen LogP contribution in [0.3, 0.4) is 0 Å². The smallest absolute Gasteiger partial charge is 0.262 e. The second kappa shape index (κ2) is 19.0. The van der Waals surface area contributed by atoms with Crippen molar-refractivity contribution < 1.29 is 36.7 Å². The predicted octanol–water partition coefficient (Wildman–Crippen LogP) is 7.25. The average Bonchev–Trinajstić information content (AvgIpc) is 3.50. The first kappa shape index (κ1) is 47.6. The van der Waals surface area contributed by atoms with Crippen LogP contribution >= 0.6 is 11.6 Å². The largest absolute Gasteiger partial charge is 0.489 e. The minimum Gasteiger partial charge on any atom is -0.489 e. The van der Waals surface area contributed by atoms with E-state index in [1.165, 1.54) is 12.3 Å². The average molecular weight is 959 g/mol. The van der Waals surface area contributed by atoms with Crippen molar-refractivity contribution in [1.82, 2.24) is 25.1 Å². The summed E-state index contributed by atoms with van der Waals surface area (Å²) in [7, 11) is -3.60. The number of carbonyl (C=O) groups excluding carboxylic acids is 4. The van der Waals surface area contributed by atoms with Crippen molar-refractivity contribution >= 4 is 79.6 Å². The third kappa shape index (κ3) is 9.65. The van der Waals surface area contributed by atoms with Crippen molar-refractivity contribution in [3.05, 3.63) is 82.3 Å². The minimum absolute atomic E-state index is 0.00259. The molecular formula is C48H57ClFN9O7S. The Labute approximate surface area is 395 Å². The maximum Gasteiger partial charge on any atom is 0.262 e. The van der Waals surface area contributed by atoms with Crippen LogP contribution in [0.1, 0.15) is 93.5 Å². The monoisotopic (exact) mass is 957 g/mol. The molecule has 4 aromatic rings. The molecule has 0 saturated carbocycles. The molecule has 0 bridgehead atoms. The van der Waals surface area contributed by atoms with Crippen LogP contribution in [0.5, 0.6) is 5.75 Å². The summed E-state index contributed by atoms with van der Waals surface area (Å²) < 4.78 is 48.5. The van der Waals surface area contributed by atoms with E-state index in [1.54, 1.807) is 38.1 Å². The molecule has 1 aromatic heterocycles. The number of nitrogens with one attached hydrogen (secondary N) is 3. The van der Waals surface area contributed by atoms with Crippen LogP contribution in [0.2, 0.25) is 5.02 Å². The molecule has 8 rings (SSSR count). The van der Waals surface area contributed by atoms with Gasteiger partial charge in [-0.15, -0.1) is 0 Å². The number of halogens is 2. The van der Waals surface area contributed by atoms with Gasteiger partial charge in [-0.2, -0.15) is 4.98 Å². The third-order valence-electron chi connectivity index (χ3n) is 13.0. The fourth-order valence-corrected chi connectivity index (χ4v) is 11.1. The molecule has 4 aliphatic rings. The van der Waals surface area contributed by atoms with Crippen LogP contribution in [-0.4, -0.2) is 114 Å². The summed E-state index contributed by atoms with van der Waals surface area (Å²) in [6, 6.07) is 11.9. The Hall–Kier alpha value is -5.85. The zero-order chi connectivity index (χ0) is 48.1. The molecule has 19 heteroatoms. The summed E-state index contributed by atoms with van der Waals surface area (Å²) in [6.45, 7) is 17.3. The van der Waals surface area contributed by atoms with E-state index >= 15 is 4.39 Å². The highest BCUT2D eigenvalue weighted by Gasteiger charge is 2.46. The van der Waals surface area contributed by atoms with Crippen molar-refractivity contribution in [2.45, 2.75) is 109 Å². The fourth-order valence-electron chi connectivity index (χ4n) is 9.76. The second-order valence-corrected chi connectivity index (χ2v) is 21.5. The summed E-state index contributed by atoms with van der Waals surface area (Å²) in [5.74, 6) is -1.62. The van der Waals surface area contributed by atoms with E-state index in [0.29, 0.717) is 36.1 Å². The van der Waals surface area contributed by atoms with Gasteiger partial charge in [0.15, 0.2) is 15.7 Å². The number of hydrogen-bond donors (Lipinski definition) is 3. The number of aromatic nitrogens is 2. The van der Waals surface area contributed by atoms with Crippen molar-refractivity contribution in [2.75, 3.05) is 53.2 Å². The number of anilines is 6. The number of aryl methyl sites for hydroxylation is 1. The first-order chi connectivity index (χ1) is 31.8. The molecule has 3 unspecified atom stereocenters. The van der Waals surface area contributed by atoms with Crippen molar-refractivity contribution in [3.8, 4) is 5.75 Å². The van der Waals surface area contributed by atoms with Crippen LogP contribution in [0.25, 0.3) is 0 Å². The van der Waals surface area contributed by atoms with Crippen LogP contribution in [0, 0.1) is 18.7 Å². The van der Waals surface area contributed by atoms with E-state index in [0.717, 1.165) is 54.7 Å². The zero-order valence-electron chi connectivity index (χ0n) is 38.7. The Balaban J connectivity index is 0.907. The van der Waals surface area contributed by atoms with Crippen molar-refractivity contribution in [1.29, 1.82) is 0 Å². The lowest BCUT2D eigenvalue weighted by Crippen LogP contribution is -2.58. The van der Waals surface area contributed by atoms with Crippen LogP contribution < -0.4 is 30.5 Å². The van der Waals surface area contributed by atoms with Gasteiger partial charge in [-0.05, 0) is 110 Å². The van der Waals surface area contributed by atoms with Gasteiger partial charge in [0.2, 0.25) is 17.8 Å². The topological polar surface area (TPSA) is 186 Å². The van der Waals surface area contributed by atoms with Gasteiger partial charge in [-0.1, -0.05) is 23.7 Å². The second-order valence-electron chi connectivity index (χ2n) is 18.6. The lowest BCUT2D eigenvalue weighted by molar-refractivity contribution is -0.136. The lowest BCUT2D eigenvalue weighted by Gasteiger charge is -2.47. The van der Waals surface area contributed by atoms with Gasteiger partial charge in [0.05, 0.1) is 50.6 Å². The van der Waals surface area contributed by atoms with Crippen molar-refractivity contribution in [2.24, 2.45) is 5.92 Å². The molecule has 3 aromatic carbocycles. The third-order valence-corrected chi connectivity index (χ3v) is 15.5. The maximum atomic E-state index is 15.9. The van der Waals surface area contributed by atoms with Crippen LogP contribution in [-0.2, 0) is 19.4 Å². The van der Waals surface area contributed by atoms with Gasteiger partial charge in [-0.3, -0.25) is 34.3 Å². The van der Waals surface area contributed by atoms with Crippen LogP contribution in [0.15, 0.2) is 59.6 Å². The summed E-state index contributed by atoms with van der Waals surface area (Å²) in [5, 5.41) is 8.20. The number of para-hydroxylation sites is 1. The Morgan fingerprint density at radius 2 is 1.57 bits per heavy atom. The number of hydrogen-bond acceptors (Lipinski definition) is 14. The number of sulfone groups is 1. The molecule has 3 fully saturated rings. The zero-order valence-corrected chi connectivity index (χ0v) is 40.3. The number of rotatable bonds is 13. The number of fused-ring (bicyclic) bond motifs is 1. The molecule has 67 heavy (non-hydrogen) atoms. The van der Waals surface area contributed by atoms with Gasteiger partial charge in [-0.25, -0.2) is 17.8 Å². The molecule has 4 aliphatic heterocycles. The van der Waals surface area contributed by atoms with E-state index in [-0.39, 0.29) is 69.5 Å². The Kier molecular flexibility index (Phi) is 13.5. The Morgan fingerprint density at radius 3 is 2.22 bits per heavy atom. The number of carbonyl (C=O) groups is 4. The molecule has 0 aliphatic carbocycles. The van der Waals surface area contributed by atoms with Crippen LogP contribution in [0.4, 0.5) is 38.9 Å². The number of ether oxygens (including phenoxy) is 1. The predicted molar refractivity (Wildman–Crippen MR) is 255 cm³/mol. The number of nitrogens with zero attached hydrogens (tertiary/aromatic N) is 6. The maximum absolute atomic E-state index is 15.9. The molecule has 4 amide bonds. The number of imide groups is 2. The van der Waals surface area contributed by atoms with Gasteiger partial charge < -0.3 is 25.2 Å². The summed E-state index contributed by atoms with van der Waals surface area (Å²) in [5.41, 5.74) is 3.34. The molecule has 0 radical (unpaired) electrons. The highest BCUT2D eigenvalue weighted by atomic mass is 35.5. The number of benzene rings is 3. The minimum atomic E-state index is -3.60. The summed E-state index contributed by atoms with van der Waals surface area (Å²) >= 11 is 6.53. The quantitative estimate of drug-likeness (QED) is 0.114. The van der Waals surface area contributed by atoms with Gasteiger partial charge >= 0.3 is 0 Å². The molecule has 3 atom stereocenters. The molecule has 356 valence electrons. The van der Waals surface area contributed by atoms with Crippen molar-refractivity contribution in [3.63, 3.8) is 0 Å². The number of piperidine rings is 2. The molecule has 0 spiro atoms. The SMILES string of the molecule is Cc1cc(Nc2ncc(Cl)c(Nc3ccccc3S(=O)(=O)C(C)C)n2)c(OC(C)C)cc1N1CCC(CN2CC(C)N(c3cc4c(cc3F)C(=O)N(C3CCC(=O)NC3=O)C4=O)C(C)C2)CC1. The van der Waals surface area contributed by atoms with E-state index in [1.807, 2.05) is 38.7 Å². The highest BCUT2D eigenvalue weighted by molar-refractivity contribution is 7.92. The lowest BCUT2D eigenvalue weighted by atomic mass is 9.94. The number of amides is 4. The summed E-state index contributed by atoms with van der Waals surface area (Å²) in [6.07, 6.45) is 3.30. The highest BCUT2D eigenvalue weighted by Crippen LogP contribution is 2.39. The fraction of sp³-hybridized carbons (Fsp3) is 0.458. The molecule has 3 N–H and O–H groups in total. The van der Waals surface area contributed by atoms with E-state index in [4.69, 9.17) is 16.3 Å². The Bertz CT molecular complexity index is 2720. The van der Waals surface area contributed by atoms with E-state index in [2.05, 4.69) is 48.7 Å². The summed E-state index contributed by atoms with van der Waals surface area (Å²) in [4.78, 5) is 68.0. The molecule has 5 heterocycles. The van der Waals surface area contributed by atoms with E-state index < -0.39 is 50.6 Å². The molecule has 16 nitrogen and oxygen atoms in total. The van der Waals surface area contributed by atoms with Gasteiger partial charge in [0.1, 0.15) is 22.6 Å². The Morgan fingerprint density at radius 1 is 0.896 bits per heavy atom.